The minimum atomic E-state index is -0.500. The number of benzene rings is 2. The van der Waals surface area contributed by atoms with Crippen LogP contribution in [-0.2, 0) is 11.2 Å². The summed E-state index contributed by atoms with van der Waals surface area (Å²) in [7, 11) is 0. The first-order valence-corrected chi connectivity index (χ1v) is 12.2. The van der Waals surface area contributed by atoms with Gasteiger partial charge in [0.1, 0.15) is 11.9 Å². The van der Waals surface area contributed by atoms with Crippen LogP contribution < -0.4 is 15.5 Å². The summed E-state index contributed by atoms with van der Waals surface area (Å²) in [5.41, 5.74) is 4.15. The number of anilines is 2. The topological polar surface area (TPSA) is 81.0 Å². The van der Waals surface area contributed by atoms with Crippen molar-refractivity contribution in [3.05, 3.63) is 89.6 Å². The maximum atomic E-state index is 13.2. The molecule has 35 heavy (non-hydrogen) atoms. The second-order valence-corrected chi connectivity index (χ2v) is 9.90. The van der Waals surface area contributed by atoms with E-state index < -0.39 is 6.04 Å². The van der Waals surface area contributed by atoms with E-state index >= 15 is 0 Å². The number of hydrogen-bond donors (Lipinski definition) is 2. The number of rotatable bonds is 8. The first-order valence-electron chi connectivity index (χ1n) is 12.2. The largest absolute Gasteiger partial charge is 0.370 e. The maximum Gasteiger partial charge on any atom is 0.247 e. The Morgan fingerprint density at radius 3 is 2.40 bits per heavy atom. The van der Waals surface area contributed by atoms with Gasteiger partial charge in [0, 0.05) is 19.6 Å². The van der Waals surface area contributed by atoms with Gasteiger partial charge in [0.25, 0.3) is 0 Å². The van der Waals surface area contributed by atoms with Crippen molar-refractivity contribution in [1.82, 2.24) is 10.3 Å². The average Bonchev–Trinajstić information content (AvgIpc) is 2.88. The minimum absolute atomic E-state index is 0.143. The van der Waals surface area contributed by atoms with Crippen LogP contribution in [0.25, 0.3) is 0 Å². The van der Waals surface area contributed by atoms with Gasteiger partial charge in [0.2, 0.25) is 5.91 Å². The number of carbonyl (C=O) groups excluding carboxylic acids is 1. The van der Waals surface area contributed by atoms with Crippen molar-refractivity contribution in [1.29, 1.82) is 5.26 Å². The number of hydrogen-bond acceptors (Lipinski definition) is 5. The van der Waals surface area contributed by atoms with Crippen molar-refractivity contribution in [2.45, 2.75) is 39.2 Å². The Balaban J connectivity index is 1.38. The molecule has 0 spiro atoms. The Kier molecular flexibility index (Phi) is 7.79. The fourth-order valence-corrected chi connectivity index (χ4v) is 4.33. The summed E-state index contributed by atoms with van der Waals surface area (Å²) in [5, 5.41) is 15.3. The zero-order chi connectivity index (χ0) is 24.7. The van der Waals surface area contributed by atoms with Crippen LogP contribution in [0.15, 0.2) is 72.9 Å². The van der Waals surface area contributed by atoms with Gasteiger partial charge in [-0.3, -0.25) is 4.79 Å². The first kappa shape index (κ1) is 24.4. The Labute approximate surface area is 208 Å². The normalized spacial score (nSPS) is 15.7. The third-order valence-electron chi connectivity index (χ3n) is 6.72. The Morgan fingerprint density at radius 1 is 1.06 bits per heavy atom. The molecular weight excluding hydrogens is 434 g/mol. The highest BCUT2D eigenvalue weighted by atomic mass is 16.2. The summed E-state index contributed by atoms with van der Waals surface area (Å²) in [6.45, 7) is 7.32. The number of nitrogens with one attached hydrogen (secondary N) is 2. The third kappa shape index (κ3) is 6.68. The van der Waals surface area contributed by atoms with Crippen LogP contribution in [0.5, 0.6) is 0 Å². The molecule has 1 amide bonds. The molecule has 1 aliphatic rings. The van der Waals surface area contributed by atoms with E-state index in [4.69, 9.17) is 5.26 Å². The van der Waals surface area contributed by atoms with Gasteiger partial charge in [0.15, 0.2) is 0 Å². The molecule has 6 heteroatoms. The molecule has 1 saturated heterocycles. The Morgan fingerprint density at radius 2 is 1.77 bits per heavy atom. The molecule has 180 valence electrons. The summed E-state index contributed by atoms with van der Waals surface area (Å²) in [6, 6.07) is 22.8. The number of amides is 1. The number of pyridine rings is 1. The number of piperidine rings is 1. The van der Waals surface area contributed by atoms with E-state index in [1.54, 1.807) is 0 Å². The zero-order valence-electron chi connectivity index (χ0n) is 20.5. The van der Waals surface area contributed by atoms with Gasteiger partial charge >= 0.3 is 0 Å². The minimum Gasteiger partial charge on any atom is -0.370 e. The molecule has 2 aromatic carbocycles. The molecule has 2 heterocycles. The van der Waals surface area contributed by atoms with E-state index in [-0.39, 0.29) is 5.91 Å². The summed E-state index contributed by atoms with van der Waals surface area (Å²) in [5.74, 6) is 0.405. The molecule has 2 N–H and O–H groups in total. The van der Waals surface area contributed by atoms with Crippen LogP contribution in [-0.4, -0.2) is 30.5 Å². The van der Waals surface area contributed by atoms with E-state index in [2.05, 4.69) is 40.4 Å². The van der Waals surface area contributed by atoms with Crippen LogP contribution in [0.3, 0.4) is 0 Å². The molecule has 0 aliphatic carbocycles. The average molecular weight is 468 g/mol. The molecule has 0 radical (unpaired) electrons. The van der Waals surface area contributed by atoms with Crippen LogP contribution >= 0.6 is 0 Å². The van der Waals surface area contributed by atoms with Crippen molar-refractivity contribution >= 4 is 17.4 Å². The molecule has 1 unspecified atom stereocenters. The summed E-state index contributed by atoms with van der Waals surface area (Å²) >= 11 is 0. The van der Waals surface area contributed by atoms with Crippen molar-refractivity contribution in [2.75, 3.05) is 29.9 Å². The highest BCUT2D eigenvalue weighted by molar-refractivity contribution is 5.94. The third-order valence-corrected chi connectivity index (χ3v) is 6.72. The molecule has 1 fully saturated rings. The molecular formula is C29H33N5O. The van der Waals surface area contributed by atoms with Gasteiger partial charge in [-0.15, -0.1) is 0 Å². The second kappa shape index (κ2) is 11.2. The van der Waals surface area contributed by atoms with Gasteiger partial charge in [-0.05, 0) is 60.1 Å². The standard InChI is InChI=1S/C29H33N5O/c1-29(2)15-18-34(19-16-29)25-12-13-26(32-21-25)33-28(35)27(24-6-4-3-5-7-24)31-17-14-22-8-10-23(20-30)11-9-22/h3-13,21,27,31H,14-19H2,1-2H3,(H,32,33,35). The maximum absolute atomic E-state index is 13.2. The van der Waals surface area contributed by atoms with E-state index in [1.807, 2.05) is 72.9 Å². The summed E-state index contributed by atoms with van der Waals surface area (Å²) < 4.78 is 0. The summed E-state index contributed by atoms with van der Waals surface area (Å²) in [6.07, 6.45) is 4.93. The van der Waals surface area contributed by atoms with Gasteiger partial charge < -0.3 is 15.5 Å². The lowest BCUT2D eigenvalue weighted by molar-refractivity contribution is -0.118. The van der Waals surface area contributed by atoms with Crippen LogP contribution in [0.2, 0.25) is 0 Å². The lowest BCUT2D eigenvalue weighted by atomic mass is 9.82. The van der Waals surface area contributed by atoms with Crippen molar-refractivity contribution in [2.24, 2.45) is 5.41 Å². The first-order chi connectivity index (χ1) is 16.9. The predicted molar refractivity (Wildman–Crippen MR) is 140 cm³/mol. The molecule has 3 aromatic rings. The van der Waals surface area contributed by atoms with Gasteiger partial charge in [-0.25, -0.2) is 4.98 Å². The number of aromatic nitrogens is 1. The number of nitriles is 1. The van der Waals surface area contributed by atoms with Crippen molar-refractivity contribution in [3.8, 4) is 6.07 Å². The molecule has 1 aromatic heterocycles. The van der Waals surface area contributed by atoms with Gasteiger partial charge in [-0.1, -0.05) is 56.3 Å². The molecule has 0 bridgehead atoms. The Bertz CT molecular complexity index is 1140. The number of nitrogens with zero attached hydrogens (tertiary/aromatic N) is 3. The lowest BCUT2D eigenvalue weighted by Crippen LogP contribution is -2.37. The van der Waals surface area contributed by atoms with E-state index in [9.17, 15) is 4.79 Å². The van der Waals surface area contributed by atoms with Crippen LogP contribution in [0, 0.1) is 16.7 Å². The second-order valence-electron chi connectivity index (χ2n) is 9.90. The molecule has 1 aliphatic heterocycles. The molecule has 1 atom stereocenters. The number of carbonyl (C=O) groups is 1. The lowest BCUT2D eigenvalue weighted by Gasteiger charge is -2.38. The van der Waals surface area contributed by atoms with Crippen LogP contribution in [0.1, 0.15) is 49.4 Å². The zero-order valence-corrected chi connectivity index (χ0v) is 20.5. The van der Waals surface area contributed by atoms with Gasteiger partial charge in [0.05, 0.1) is 23.5 Å². The van der Waals surface area contributed by atoms with Gasteiger partial charge in [-0.2, -0.15) is 5.26 Å². The highest BCUT2D eigenvalue weighted by Gasteiger charge is 2.26. The SMILES string of the molecule is CC1(C)CCN(c2ccc(NC(=O)C(NCCc3ccc(C#N)cc3)c3ccccc3)nc2)CC1. The fourth-order valence-electron chi connectivity index (χ4n) is 4.33. The smallest absolute Gasteiger partial charge is 0.247 e. The highest BCUT2D eigenvalue weighted by Crippen LogP contribution is 2.32. The predicted octanol–water partition coefficient (Wildman–Crippen LogP) is 5.09. The molecule has 0 saturated carbocycles. The van der Waals surface area contributed by atoms with Crippen molar-refractivity contribution < 1.29 is 4.79 Å². The monoisotopic (exact) mass is 467 g/mol. The fraction of sp³-hybridized carbons (Fsp3) is 0.345. The molecule has 4 rings (SSSR count). The van der Waals surface area contributed by atoms with Crippen LogP contribution in [0.4, 0.5) is 11.5 Å². The quantitative estimate of drug-likeness (QED) is 0.482. The van der Waals surface area contributed by atoms with Crippen molar-refractivity contribution in [3.63, 3.8) is 0 Å². The van der Waals surface area contributed by atoms with E-state index in [0.29, 0.717) is 23.3 Å². The summed E-state index contributed by atoms with van der Waals surface area (Å²) in [4.78, 5) is 20.1. The van der Waals surface area contributed by atoms with E-state index in [0.717, 1.165) is 36.3 Å². The van der Waals surface area contributed by atoms with E-state index in [1.165, 1.54) is 12.8 Å². The Hall–Kier alpha value is -3.69. The molecule has 6 nitrogen and oxygen atoms in total.